The van der Waals surface area contributed by atoms with E-state index in [0.717, 1.165) is 4.90 Å². The number of nitro benzene ring substituents is 1. The van der Waals surface area contributed by atoms with Crippen LogP contribution in [0.25, 0.3) is 11.4 Å². The summed E-state index contributed by atoms with van der Waals surface area (Å²) in [4.78, 5) is 42.3. The first-order chi connectivity index (χ1) is 16.5. The fraction of sp³-hybridized carbons (Fsp3) is 0.0833. The standard InChI is InChI=1S/C24H17N5O5/c30-22-24(17-7-3-1-4-8-17,18-9-5-2-6-10-18)26-23(31)28(22)15-20-25-21(27-34-20)16-11-13-19(14-12-16)29(32)33/h1-14H,15H2,(H,26,31). The molecule has 168 valence electrons. The highest BCUT2D eigenvalue weighted by atomic mass is 16.6. The number of nitrogens with zero attached hydrogens (tertiary/aromatic N) is 4. The van der Waals surface area contributed by atoms with E-state index in [9.17, 15) is 19.7 Å². The highest BCUT2D eigenvalue weighted by molar-refractivity contribution is 6.09. The second kappa shape index (κ2) is 8.24. The van der Waals surface area contributed by atoms with Crippen LogP contribution in [-0.2, 0) is 16.9 Å². The predicted molar refractivity (Wildman–Crippen MR) is 119 cm³/mol. The summed E-state index contributed by atoms with van der Waals surface area (Å²) in [5.74, 6) is -0.229. The third kappa shape index (κ3) is 3.47. The predicted octanol–water partition coefficient (Wildman–Crippen LogP) is 3.64. The Morgan fingerprint density at radius 2 is 1.50 bits per heavy atom. The molecule has 0 bridgehead atoms. The van der Waals surface area contributed by atoms with Crippen LogP contribution in [0.5, 0.6) is 0 Å². The van der Waals surface area contributed by atoms with Crippen molar-refractivity contribution in [2.45, 2.75) is 12.1 Å². The highest BCUT2D eigenvalue weighted by Gasteiger charge is 2.54. The number of hydrogen-bond acceptors (Lipinski definition) is 7. The molecule has 34 heavy (non-hydrogen) atoms. The van der Waals surface area contributed by atoms with E-state index in [1.165, 1.54) is 24.3 Å². The van der Waals surface area contributed by atoms with Gasteiger partial charge in [-0.1, -0.05) is 65.8 Å². The average molecular weight is 455 g/mol. The minimum Gasteiger partial charge on any atom is -0.337 e. The van der Waals surface area contributed by atoms with Gasteiger partial charge < -0.3 is 9.84 Å². The molecule has 1 aliphatic rings. The molecule has 0 unspecified atom stereocenters. The number of carbonyl (C=O) groups is 2. The van der Waals surface area contributed by atoms with Crippen LogP contribution in [-0.4, -0.2) is 31.9 Å². The van der Waals surface area contributed by atoms with Gasteiger partial charge in [-0.05, 0) is 23.3 Å². The first-order valence-corrected chi connectivity index (χ1v) is 10.3. The van der Waals surface area contributed by atoms with Crippen molar-refractivity contribution >= 4 is 17.6 Å². The molecule has 0 radical (unpaired) electrons. The number of nitrogens with one attached hydrogen (secondary N) is 1. The minimum atomic E-state index is -1.39. The van der Waals surface area contributed by atoms with Crippen molar-refractivity contribution in [1.29, 1.82) is 0 Å². The minimum absolute atomic E-state index is 0.0498. The Morgan fingerprint density at radius 3 is 2.06 bits per heavy atom. The van der Waals surface area contributed by atoms with Crippen molar-refractivity contribution in [3.63, 3.8) is 0 Å². The summed E-state index contributed by atoms with van der Waals surface area (Å²) >= 11 is 0. The largest absolute Gasteiger partial charge is 0.337 e. The summed E-state index contributed by atoms with van der Waals surface area (Å²) in [6.45, 7) is -0.230. The average Bonchev–Trinajstić information content (AvgIpc) is 3.44. The van der Waals surface area contributed by atoms with E-state index in [1.54, 1.807) is 48.5 Å². The molecule has 0 aliphatic carbocycles. The molecule has 1 N–H and O–H groups in total. The number of amides is 3. The van der Waals surface area contributed by atoms with Crippen molar-refractivity contribution < 1.29 is 19.0 Å². The third-order valence-corrected chi connectivity index (χ3v) is 5.62. The molecule has 0 spiro atoms. The van der Waals surface area contributed by atoms with Crippen LogP contribution in [0.2, 0.25) is 0 Å². The zero-order chi connectivity index (χ0) is 23.7. The van der Waals surface area contributed by atoms with E-state index in [1.807, 2.05) is 12.1 Å². The van der Waals surface area contributed by atoms with Crippen molar-refractivity contribution in [2.24, 2.45) is 0 Å². The molecule has 10 nitrogen and oxygen atoms in total. The maximum Gasteiger partial charge on any atom is 0.326 e. The fourth-order valence-corrected chi connectivity index (χ4v) is 3.96. The maximum absolute atomic E-state index is 13.7. The first kappa shape index (κ1) is 21.0. The number of aromatic nitrogens is 2. The Bertz CT molecular complexity index is 1330. The van der Waals surface area contributed by atoms with Crippen LogP contribution in [0.4, 0.5) is 10.5 Å². The Balaban J connectivity index is 1.45. The summed E-state index contributed by atoms with van der Waals surface area (Å²) in [6, 6.07) is 23.1. The lowest BCUT2D eigenvalue weighted by Crippen LogP contribution is -2.45. The third-order valence-electron chi connectivity index (χ3n) is 5.62. The molecule has 2 heterocycles. The van der Waals surface area contributed by atoms with Gasteiger partial charge in [0.25, 0.3) is 11.6 Å². The van der Waals surface area contributed by atoms with E-state index >= 15 is 0 Å². The number of carbonyl (C=O) groups excluding carboxylic acids is 2. The molecular formula is C24H17N5O5. The van der Waals surface area contributed by atoms with Crippen LogP contribution >= 0.6 is 0 Å². The summed E-state index contributed by atoms with van der Waals surface area (Å²) in [5.41, 5.74) is 0.296. The zero-order valence-corrected chi connectivity index (χ0v) is 17.6. The molecule has 3 amide bonds. The molecule has 0 saturated carbocycles. The number of hydrogen-bond donors (Lipinski definition) is 1. The molecule has 3 aromatic carbocycles. The van der Waals surface area contributed by atoms with Crippen LogP contribution in [0, 0.1) is 10.1 Å². The summed E-state index contributed by atoms with van der Waals surface area (Å²) in [6.07, 6.45) is 0. The van der Waals surface area contributed by atoms with Crippen molar-refractivity contribution in [3.05, 3.63) is 112 Å². The first-order valence-electron chi connectivity index (χ1n) is 10.3. The SMILES string of the molecule is O=C1NC(c2ccccc2)(c2ccccc2)C(=O)N1Cc1nc(-c2ccc([N+](=O)[O-])cc2)no1. The van der Waals surface area contributed by atoms with Crippen molar-refractivity contribution in [2.75, 3.05) is 0 Å². The van der Waals surface area contributed by atoms with Gasteiger partial charge in [0.15, 0.2) is 5.54 Å². The van der Waals surface area contributed by atoms with Gasteiger partial charge in [-0.15, -0.1) is 0 Å². The van der Waals surface area contributed by atoms with Gasteiger partial charge >= 0.3 is 6.03 Å². The number of nitro groups is 1. The van der Waals surface area contributed by atoms with E-state index in [2.05, 4.69) is 15.5 Å². The fourth-order valence-electron chi connectivity index (χ4n) is 3.96. The number of benzene rings is 3. The Morgan fingerprint density at radius 1 is 0.912 bits per heavy atom. The van der Waals surface area contributed by atoms with Crippen molar-refractivity contribution in [1.82, 2.24) is 20.4 Å². The van der Waals surface area contributed by atoms with Gasteiger partial charge in [-0.2, -0.15) is 4.98 Å². The van der Waals surface area contributed by atoms with E-state index < -0.39 is 22.4 Å². The van der Waals surface area contributed by atoms with Crippen LogP contribution in [0.15, 0.2) is 89.5 Å². The molecule has 10 heteroatoms. The maximum atomic E-state index is 13.7. The molecule has 1 saturated heterocycles. The van der Waals surface area contributed by atoms with Crippen molar-refractivity contribution in [3.8, 4) is 11.4 Å². The molecule has 5 rings (SSSR count). The monoisotopic (exact) mass is 455 g/mol. The van der Waals surface area contributed by atoms with Crippen LogP contribution in [0.1, 0.15) is 17.0 Å². The van der Waals surface area contributed by atoms with Crippen LogP contribution in [0.3, 0.4) is 0 Å². The number of urea groups is 1. The summed E-state index contributed by atoms with van der Waals surface area (Å²) in [5, 5.41) is 17.6. The van der Waals surface area contributed by atoms with Gasteiger partial charge in [-0.25, -0.2) is 4.79 Å². The quantitative estimate of drug-likeness (QED) is 0.267. The summed E-state index contributed by atoms with van der Waals surface area (Å²) in [7, 11) is 0. The van der Waals surface area contributed by atoms with E-state index in [-0.39, 0.29) is 23.9 Å². The van der Waals surface area contributed by atoms with Gasteiger partial charge in [0.2, 0.25) is 11.7 Å². The molecule has 0 atom stereocenters. The number of non-ortho nitro benzene ring substituents is 1. The van der Waals surface area contributed by atoms with Gasteiger partial charge in [0, 0.05) is 17.7 Å². The van der Waals surface area contributed by atoms with Gasteiger partial charge in [0.05, 0.1) is 4.92 Å². The smallest absolute Gasteiger partial charge is 0.326 e. The number of rotatable bonds is 6. The second-order valence-electron chi connectivity index (χ2n) is 7.62. The Kier molecular flexibility index (Phi) is 5.09. The highest BCUT2D eigenvalue weighted by Crippen LogP contribution is 2.36. The Labute approximate surface area is 193 Å². The van der Waals surface area contributed by atoms with Gasteiger partial charge in [-0.3, -0.25) is 19.8 Å². The molecule has 1 aliphatic heterocycles. The molecule has 1 aromatic heterocycles. The van der Waals surface area contributed by atoms with E-state index in [4.69, 9.17) is 4.52 Å². The molecular weight excluding hydrogens is 438 g/mol. The lowest BCUT2D eigenvalue weighted by Gasteiger charge is -2.27. The topological polar surface area (TPSA) is 131 Å². The molecule has 4 aromatic rings. The second-order valence-corrected chi connectivity index (χ2v) is 7.62. The Hall–Kier alpha value is -4.86. The van der Waals surface area contributed by atoms with Crippen LogP contribution < -0.4 is 5.32 Å². The van der Waals surface area contributed by atoms with E-state index in [0.29, 0.717) is 16.7 Å². The lowest BCUT2D eigenvalue weighted by molar-refractivity contribution is -0.384. The summed E-state index contributed by atoms with van der Waals surface area (Å²) < 4.78 is 5.27. The lowest BCUT2D eigenvalue weighted by atomic mass is 9.82. The number of imide groups is 1. The normalized spacial score (nSPS) is 14.8. The molecule has 1 fully saturated rings. The van der Waals surface area contributed by atoms with Gasteiger partial charge in [0.1, 0.15) is 6.54 Å². The zero-order valence-electron chi connectivity index (χ0n) is 17.6.